The van der Waals surface area contributed by atoms with Crippen molar-refractivity contribution in [3.63, 3.8) is 0 Å². The van der Waals surface area contributed by atoms with Crippen LogP contribution in [0.15, 0.2) is 77.7 Å². The number of amides is 2. The molecule has 0 saturated carbocycles. The van der Waals surface area contributed by atoms with Gasteiger partial charge in [0.15, 0.2) is 0 Å². The van der Waals surface area contributed by atoms with Gasteiger partial charge in [0.05, 0.1) is 50.9 Å². The van der Waals surface area contributed by atoms with Crippen LogP contribution in [0.3, 0.4) is 0 Å². The van der Waals surface area contributed by atoms with Gasteiger partial charge in [0.25, 0.3) is 10.0 Å². The maximum Gasteiger partial charge on any atom is 0.265 e. The van der Waals surface area contributed by atoms with Crippen molar-refractivity contribution in [2.24, 2.45) is 11.8 Å². The maximum absolute atomic E-state index is 14.2. The van der Waals surface area contributed by atoms with Gasteiger partial charge in [-0.1, -0.05) is 48.5 Å². The predicted molar refractivity (Wildman–Crippen MR) is 153 cm³/mol. The van der Waals surface area contributed by atoms with Crippen LogP contribution >= 0.6 is 0 Å². The Balaban J connectivity index is 1.17. The number of carbonyl (C=O) groups is 2. The lowest BCUT2D eigenvalue weighted by Crippen LogP contribution is -2.44. The highest BCUT2D eigenvalue weighted by molar-refractivity contribution is 7.93. The van der Waals surface area contributed by atoms with Crippen LogP contribution in [0.2, 0.25) is 0 Å². The molecule has 0 aliphatic carbocycles. The molecule has 2 amide bonds. The maximum atomic E-state index is 14.2. The zero-order valence-electron chi connectivity index (χ0n) is 22.2. The monoisotopic (exact) mass is 563 g/mol. The lowest BCUT2D eigenvalue weighted by atomic mass is 9.67. The summed E-state index contributed by atoms with van der Waals surface area (Å²) in [5.41, 5.74) is -0.211. The summed E-state index contributed by atoms with van der Waals surface area (Å²) >= 11 is 0. The van der Waals surface area contributed by atoms with Crippen molar-refractivity contribution < 1.29 is 22.7 Å². The van der Waals surface area contributed by atoms with Gasteiger partial charge in [-0.05, 0) is 55.8 Å². The van der Waals surface area contributed by atoms with E-state index in [0.717, 1.165) is 5.39 Å². The van der Waals surface area contributed by atoms with Gasteiger partial charge >= 0.3 is 0 Å². The Labute approximate surface area is 236 Å². The van der Waals surface area contributed by atoms with Crippen molar-refractivity contribution in [1.29, 1.82) is 5.26 Å². The normalized spacial score (nSPS) is 29.1. The van der Waals surface area contributed by atoms with Crippen molar-refractivity contribution in [3.8, 4) is 6.07 Å². The Morgan fingerprint density at radius 3 is 2.41 bits per heavy atom. The van der Waals surface area contributed by atoms with E-state index in [9.17, 15) is 23.3 Å². The fraction of sp³-hybridized carbons (Fsp3) is 0.281. The third-order valence-electron chi connectivity index (χ3n) is 9.69. The second-order valence-electron chi connectivity index (χ2n) is 11.7. The summed E-state index contributed by atoms with van der Waals surface area (Å²) < 4.78 is 35.3. The van der Waals surface area contributed by atoms with E-state index in [4.69, 9.17) is 4.74 Å². The van der Waals surface area contributed by atoms with Gasteiger partial charge in [-0.3, -0.25) is 13.9 Å². The molecule has 3 fully saturated rings. The third-order valence-corrected chi connectivity index (χ3v) is 11.5. The quantitative estimate of drug-likeness (QED) is 0.327. The van der Waals surface area contributed by atoms with Crippen LogP contribution in [0.5, 0.6) is 0 Å². The minimum Gasteiger partial charge on any atom is -0.367 e. The second kappa shape index (κ2) is 7.93. The Morgan fingerprint density at radius 2 is 1.63 bits per heavy atom. The summed E-state index contributed by atoms with van der Waals surface area (Å²) in [6.07, 6.45) is 1.46. The molecule has 8 rings (SSSR count). The average molecular weight is 564 g/mol. The fourth-order valence-corrected chi connectivity index (χ4v) is 9.62. The van der Waals surface area contributed by atoms with Crippen LogP contribution in [0, 0.1) is 23.2 Å². The van der Waals surface area contributed by atoms with Gasteiger partial charge < -0.3 is 4.74 Å². The van der Waals surface area contributed by atoms with E-state index in [0.29, 0.717) is 45.9 Å². The summed E-state index contributed by atoms with van der Waals surface area (Å²) in [4.78, 5) is 29.8. The Bertz CT molecular complexity index is 2010. The number of rotatable bonds is 4. The summed E-state index contributed by atoms with van der Waals surface area (Å²) in [6.45, 7) is 2.03. The molecule has 4 aliphatic rings. The number of nitriles is 1. The molecule has 204 valence electrons. The molecule has 4 heterocycles. The molecular weight excluding hydrogens is 538 g/mol. The summed E-state index contributed by atoms with van der Waals surface area (Å²) in [6, 6.07) is 23.6. The zero-order chi connectivity index (χ0) is 28.3. The number of nitrogens with zero attached hydrogens (tertiary/aromatic N) is 3. The molecule has 8 nitrogen and oxygen atoms in total. The van der Waals surface area contributed by atoms with Gasteiger partial charge in [-0.25, -0.2) is 13.3 Å². The van der Waals surface area contributed by atoms with Crippen LogP contribution in [-0.2, 0) is 24.3 Å². The van der Waals surface area contributed by atoms with E-state index in [1.807, 2.05) is 55.5 Å². The number of benzene rings is 4. The van der Waals surface area contributed by atoms with Crippen molar-refractivity contribution in [3.05, 3.63) is 78.4 Å². The van der Waals surface area contributed by atoms with E-state index in [1.165, 1.54) is 9.21 Å². The first-order chi connectivity index (χ1) is 19.7. The first-order valence-electron chi connectivity index (χ1n) is 13.7. The van der Waals surface area contributed by atoms with Crippen LogP contribution < -0.4 is 9.21 Å². The lowest BCUT2D eigenvalue weighted by Gasteiger charge is -2.33. The molecule has 3 saturated heterocycles. The lowest BCUT2D eigenvalue weighted by molar-refractivity contribution is -0.130. The first kappa shape index (κ1) is 24.5. The van der Waals surface area contributed by atoms with E-state index in [1.54, 1.807) is 24.3 Å². The molecule has 0 aromatic heterocycles. The Hall–Kier alpha value is -4.26. The number of carbonyl (C=O) groups excluding carboxylic acids is 2. The molecule has 0 spiro atoms. The van der Waals surface area contributed by atoms with E-state index < -0.39 is 33.1 Å². The topological polar surface area (TPSA) is 108 Å². The average Bonchev–Trinajstić information content (AvgIpc) is 3.62. The standard InChI is InChI=1S/C32H25N3O5S/c1-31-14-15-32(40-31,16-17-34-24-10-4-6-19-7-5-11-25(26(19)24)41(34,38)39)28-27(31)29(36)35(30(28)37)23-13-12-20(18-33)21-8-2-3-9-22(21)23/h2-13,27-28H,14-17H2,1H3. The zero-order valence-corrected chi connectivity index (χ0v) is 23.0. The molecule has 4 atom stereocenters. The van der Waals surface area contributed by atoms with Gasteiger partial charge in [0, 0.05) is 22.7 Å². The minimum absolute atomic E-state index is 0.136. The fourth-order valence-electron chi connectivity index (χ4n) is 7.91. The largest absolute Gasteiger partial charge is 0.367 e. The van der Waals surface area contributed by atoms with Gasteiger partial charge in [0.2, 0.25) is 11.8 Å². The van der Waals surface area contributed by atoms with E-state index in [2.05, 4.69) is 6.07 Å². The smallest absolute Gasteiger partial charge is 0.265 e. The SMILES string of the molecule is CC12CCC(CCN3c4cccc5cccc(c45)S3(=O)=O)(O1)C1C(=O)N(c3ccc(C#N)c4ccccc34)C(=O)C12. The molecule has 4 aromatic carbocycles. The molecule has 4 aromatic rings. The summed E-state index contributed by atoms with van der Waals surface area (Å²) in [5, 5.41) is 12.5. The van der Waals surface area contributed by atoms with Gasteiger partial charge in [-0.2, -0.15) is 5.26 Å². The number of hydrogen-bond donors (Lipinski definition) is 0. The van der Waals surface area contributed by atoms with Gasteiger partial charge in [-0.15, -0.1) is 0 Å². The number of imide groups is 1. The van der Waals surface area contributed by atoms with E-state index in [-0.39, 0.29) is 29.7 Å². The Kier molecular flexibility index (Phi) is 4.75. The van der Waals surface area contributed by atoms with Gasteiger partial charge in [0.1, 0.15) is 0 Å². The van der Waals surface area contributed by atoms with Crippen molar-refractivity contribution in [2.45, 2.75) is 42.3 Å². The van der Waals surface area contributed by atoms with Crippen molar-refractivity contribution in [1.82, 2.24) is 0 Å². The molecular formula is C32H25N3O5S. The molecule has 4 unspecified atom stereocenters. The number of fused-ring (bicyclic) bond motifs is 6. The molecule has 2 bridgehead atoms. The molecule has 0 radical (unpaired) electrons. The van der Waals surface area contributed by atoms with Crippen LogP contribution in [0.25, 0.3) is 21.5 Å². The third kappa shape index (κ3) is 2.99. The minimum atomic E-state index is -3.77. The second-order valence-corrected chi connectivity index (χ2v) is 13.5. The highest BCUT2D eigenvalue weighted by Gasteiger charge is 2.74. The summed E-state index contributed by atoms with van der Waals surface area (Å²) in [5.74, 6) is -2.00. The van der Waals surface area contributed by atoms with Crippen molar-refractivity contribution >= 4 is 54.8 Å². The molecule has 4 aliphatic heterocycles. The van der Waals surface area contributed by atoms with Crippen molar-refractivity contribution in [2.75, 3.05) is 15.7 Å². The number of anilines is 2. The molecule has 41 heavy (non-hydrogen) atoms. The van der Waals surface area contributed by atoms with Crippen LogP contribution in [-0.4, -0.2) is 38.0 Å². The first-order valence-corrected chi connectivity index (χ1v) is 15.2. The highest BCUT2D eigenvalue weighted by Crippen LogP contribution is 2.63. The number of sulfonamides is 1. The number of ether oxygens (including phenoxy) is 1. The summed E-state index contributed by atoms with van der Waals surface area (Å²) in [7, 11) is -3.77. The number of hydrogen-bond acceptors (Lipinski definition) is 6. The van der Waals surface area contributed by atoms with Crippen LogP contribution in [0.1, 0.15) is 31.7 Å². The molecule has 0 N–H and O–H groups in total. The Morgan fingerprint density at radius 1 is 0.902 bits per heavy atom. The highest BCUT2D eigenvalue weighted by atomic mass is 32.2. The van der Waals surface area contributed by atoms with E-state index >= 15 is 0 Å². The van der Waals surface area contributed by atoms with Crippen LogP contribution in [0.4, 0.5) is 11.4 Å². The predicted octanol–water partition coefficient (Wildman–Crippen LogP) is 4.89. The molecule has 9 heteroatoms.